The van der Waals surface area contributed by atoms with E-state index in [4.69, 9.17) is 4.74 Å². The van der Waals surface area contributed by atoms with Crippen LogP contribution in [0.25, 0.3) is 0 Å². The highest BCUT2D eigenvalue weighted by Gasteiger charge is 2.20. The van der Waals surface area contributed by atoms with Crippen LogP contribution in [0.3, 0.4) is 0 Å². The monoisotopic (exact) mass is 290 g/mol. The Hall–Kier alpha value is -1.06. The summed E-state index contributed by atoms with van der Waals surface area (Å²) in [5, 5.41) is 3.44. The molecule has 1 atom stereocenters. The van der Waals surface area contributed by atoms with Crippen LogP contribution in [0.2, 0.25) is 0 Å². The molecule has 118 valence electrons. The van der Waals surface area contributed by atoms with Gasteiger partial charge in [-0.1, -0.05) is 25.5 Å². The van der Waals surface area contributed by atoms with Gasteiger partial charge < -0.3 is 15.0 Å². The van der Waals surface area contributed by atoms with Crippen LogP contribution in [0.5, 0.6) is 5.75 Å². The summed E-state index contributed by atoms with van der Waals surface area (Å²) in [5.41, 5.74) is 1.34. The molecule has 1 aliphatic rings. The van der Waals surface area contributed by atoms with Crippen molar-refractivity contribution in [3.8, 4) is 5.75 Å². The van der Waals surface area contributed by atoms with Crippen LogP contribution in [0, 0.1) is 5.92 Å². The van der Waals surface area contributed by atoms with Crippen molar-refractivity contribution >= 4 is 0 Å². The third-order valence-electron chi connectivity index (χ3n) is 4.39. The number of ether oxygens (including phenoxy) is 1. The van der Waals surface area contributed by atoms with Crippen molar-refractivity contribution < 1.29 is 4.74 Å². The van der Waals surface area contributed by atoms with Crippen molar-refractivity contribution in [1.29, 1.82) is 0 Å². The first-order chi connectivity index (χ1) is 10.2. The zero-order valence-electron chi connectivity index (χ0n) is 13.8. The van der Waals surface area contributed by atoms with Crippen molar-refractivity contribution in [3.05, 3.63) is 29.8 Å². The van der Waals surface area contributed by atoms with E-state index >= 15 is 0 Å². The molecule has 0 spiro atoms. The van der Waals surface area contributed by atoms with Gasteiger partial charge in [-0.05, 0) is 57.0 Å². The van der Waals surface area contributed by atoms with E-state index in [1.807, 2.05) is 7.05 Å². The maximum absolute atomic E-state index is 5.65. The molecule has 0 heterocycles. The van der Waals surface area contributed by atoms with Gasteiger partial charge in [-0.3, -0.25) is 0 Å². The summed E-state index contributed by atoms with van der Waals surface area (Å²) in [6.07, 6.45) is 5.30. The Morgan fingerprint density at radius 2 is 2.00 bits per heavy atom. The number of benzene rings is 1. The lowest BCUT2D eigenvalue weighted by atomic mass is 9.85. The van der Waals surface area contributed by atoms with Gasteiger partial charge >= 0.3 is 0 Å². The summed E-state index contributed by atoms with van der Waals surface area (Å²) in [6, 6.07) is 8.92. The minimum atomic E-state index is 0.385. The first-order valence-corrected chi connectivity index (χ1v) is 8.31. The van der Waals surface area contributed by atoms with Crippen molar-refractivity contribution in [2.75, 3.05) is 33.8 Å². The van der Waals surface area contributed by atoms with Crippen molar-refractivity contribution in [1.82, 2.24) is 10.2 Å². The number of nitrogens with one attached hydrogen (secondary N) is 1. The highest BCUT2D eigenvalue weighted by atomic mass is 16.5. The van der Waals surface area contributed by atoms with E-state index in [9.17, 15) is 0 Å². The number of hydrogen-bond donors (Lipinski definition) is 1. The van der Waals surface area contributed by atoms with E-state index in [1.54, 1.807) is 0 Å². The van der Waals surface area contributed by atoms with Gasteiger partial charge in [0.25, 0.3) is 0 Å². The van der Waals surface area contributed by atoms with Gasteiger partial charge in [0.1, 0.15) is 5.75 Å². The zero-order valence-corrected chi connectivity index (χ0v) is 13.8. The Kier molecular flexibility index (Phi) is 6.52. The molecule has 21 heavy (non-hydrogen) atoms. The number of nitrogens with zero attached hydrogens (tertiary/aromatic N) is 1. The second kappa shape index (κ2) is 8.40. The molecule has 1 N–H and O–H groups in total. The van der Waals surface area contributed by atoms with Crippen LogP contribution >= 0.6 is 0 Å². The minimum absolute atomic E-state index is 0.385. The summed E-state index contributed by atoms with van der Waals surface area (Å²) < 4.78 is 5.65. The smallest absolute Gasteiger partial charge is 0.119 e. The summed E-state index contributed by atoms with van der Waals surface area (Å²) >= 11 is 0. The molecule has 1 aromatic rings. The molecule has 0 aromatic heterocycles. The zero-order chi connectivity index (χ0) is 15.1. The fourth-order valence-corrected chi connectivity index (χ4v) is 2.88. The fourth-order valence-electron chi connectivity index (χ4n) is 2.88. The van der Waals surface area contributed by atoms with Crippen molar-refractivity contribution in [2.24, 2.45) is 5.92 Å². The summed E-state index contributed by atoms with van der Waals surface area (Å²) in [4.78, 5) is 2.46. The van der Waals surface area contributed by atoms with Gasteiger partial charge in [-0.2, -0.15) is 0 Å². The van der Waals surface area contributed by atoms with Crippen molar-refractivity contribution in [2.45, 2.75) is 38.6 Å². The van der Waals surface area contributed by atoms with Crippen LogP contribution < -0.4 is 10.1 Å². The van der Waals surface area contributed by atoms with Gasteiger partial charge in [0.15, 0.2) is 0 Å². The molecular weight excluding hydrogens is 260 g/mol. The first-order valence-electron chi connectivity index (χ1n) is 8.31. The van der Waals surface area contributed by atoms with Gasteiger partial charge in [-0.15, -0.1) is 0 Å². The van der Waals surface area contributed by atoms with E-state index < -0.39 is 0 Å². The lowest BCUT2D eigenvalue weighted by molar-refractivity contribution is 0.193. The lowest BCUT2D eigenvalue weighted by Gasteiger charge is -2.32. The molecule has 0 amide bonds. The molecule has 1 aromatic carbocycles. The molecule has 1 fully saturated rings. The largest absolute Gasteiger partial charge is 0.494 e. The van der Waals surface area contributed by atoms with E-state index in [-0.39, 0.29) is 0 Å². The van der Waals surface area contributed by atoms with Gasteiger partial charge in [0.2, 0.25) is 0 Å². The average Bonchev–Trinajstić information content (AvgIpc) is 2.47. The van der Waals surface area contributed by atoms with E-state index in [2.05, 4.69) is 48.5 Å². The number of likely N-dealkylation sites (N-methyl/N-ethyl adjacent to an activating group) is 2. The quantitative estimate of drug-likeness (QED) is 0.753. The SMILES string of the molecule is CCCOc1ccc(C(CN(C)CC2CCC2)NC)cc1. The molecule has 1 saturated carbocycles. The summed E-state index contributed by atoms with van der Waals surface area (Å²) in [5.74, 6) is 1.90. The van der Waals surface area contributed by atoms with E-state index in [0.29, 0.717) is 6.04 Å². The van der Waals surface area contributed by atoms with Gasteiger partial charge in [0, 0.05) is 19.1 Å². The Bertz CT molecular complexity index is 400. The average molecular weight is 290 g/mol. The normalized spacial score (nSPS) is 16.8. The maximum atomic E-state index is 5.65. The molecule has 1 unspecified atom stereocenters. The Morgan fingerprint density at radius 3 is 2.52 bits per heavy atom. The van der Waals surface area contributed by atoms with Crippen LogP contribution in [0.4, 0.5) is 0 Å². The molecule has 2 rings (SSSR count). The van der Waals surface area contributed by atoms with Crippen LogP contribution in [0.1, 0.15) is 44.2 Å². The Labute approximate surface area is 129 Å². The second-order valence-corrected chi connectivity index (χ2v) is 6.28. The lowest BCUT2D eigenvalue weighted by Crippen LogP contribution is -2.35. The highest BCUT2D eigenvalue weighted by Crippen LogP contribution is 2.27. The summed E-state index contributed by atoms with van der Waals surface area (Å²) in [6.45, 7) is 5.21. The minimum Gasteiger partial charge on any atom is -0.494 e. The fraction of sp³-hybridized carbons (Fsp3) is 0.667. The van der Waals surface area contributed by atoms with Crippen LogP contribution in [-0.2, 0) is 0 Å². The molecule has 1 aliphatic carbocycles. The summed E-state index contributed by atoms with van der Waals surface area (Å²) in [7, 11) is 4.28. The number of rotatable bonds is 9. The predicted octanol–water partition coefficient (Wildman–Crippen LogP) is 3.47. The molecular formula is C18H30N2O. The first kappa shape index (κ1) is 16.3. The topological polar surface area (TPSA) is 24.5 Å². The van der Waals surface area contributed by atoms with E-state index in [0.717, 1.165) is 31.2 Å². The molecule has 3 nitrogen and oxygen atoms in total. The highest BCUT2D eigenvalue weighted by molar-refractivity contribution is 5.29. The van der Waals surface area contributed by atoms with Crippen LogP contribution in [-0.4, -0.2) is 38.7 Å². The third-order valence-corrected chi connectivity index (χ3v) is 4.39. The molecule has 3 heteroatoms. The molecule has 0 saturated heterocycles. The Balaban J connectivity index is 1.86. The predicted molar refractivity (Wildman–Crippen MR) is 88.9 cm³/mol. The molecule has 0 bridgehead atoms. The second-order valence-electron chi connectivity index (χ2n) is 6.28. The molecule has 0 aliphatic heterocycles. The maximum Gasteiger partial charge on any atom is 0.119 e. The van der Waals surface area contributed by atoms with E-state index in [1.165, 1.54) is 31.4 Å². The van der Waals surface area contributed by atoms with Gasteiger partial charge in [0.05, 0.1) is 6.61 Å². The Morgan fingerprint density at radius 1 is 1.29 bits per heavy atom. The van der Waals surface area contributed by atoms with Crippen molar-refractivity contribution in [3.63, 3.8) is 0 Å². The number of hydrogen-bond acceptors (Lipinski definition) is 3. The van der Waals surface area contributed by atoms with Crippen LogP contribution in [0.15, 0.2) is 24.3 Å². The standard InChI is InChI=1S/C18H30N2O/c1-4-12-21-17-10-8-16(9-11-17)18(19-2)14-20(3)13-15-6-5-7-15/h8-11,15,18-19H,4-7,12-14H2,1-3H3. The van der Waals surface area contributed by atoms with Gasteiger partial charge in [-0.25, -0.2) is 0 Å². The third kappa shape index (κ3) is 5.01. The molecule has 0 radical (unpaired) electrons.